The molecule has 2 saturated heterocycles. The Hall–Kier alpha value is -1.14. The highest BCUT2D eigenvalue weighted by Gasteiger charge is 2.35. The summed E-state index contributed by atoms with van der Waals surface area (Å²) in [5.74, 6) is -0.620. The number of carboxylic acid groups (broad SMARTS) is 1. The van der Waals surface area contributed by atoms with Crippen molar-refractivity contribution >= 4 is 11.9 Å². The van der Waals surface area contributed by atoms with Gasteiger partial charge in [-0.25, -0.2) is 0 Å². The Morgan fingerprint density at radius 1 is 1.37 bits per heavy atom. The molecule has 1 amide bonds. The molecule has 3 atom stereocenters. The van der Waals surface area contributed by atoms with Crippen LogP contribution in [-0.4, -0.2) is 54.2 Å². The van der Waals surface area contributed by atoms with Crippen LogP contribution in [0.3, 0.4) is 0 Å². The summed E-state index contributed by atoms with van der Waals surface area (Å²) in [6.45, 7) is 2.28. The lowest BCUT2D eigenvalue weighted by atomic mass is 9.92. The molecular weight excluding hydrogens is 248 g/mol. The van der Waals surface area contributed by atoms with Crippen molar-refractivity contribution in [1.29, 1.82) is 0 Å². The van der Waals surface area contributed by atoms with Gasteiger partial charge in [0.15, 0.2) is 0 Å². The second-order valence-corrected chi connectivity index (χ2v) is 5.53. The highest BCUT2D eigenvalue weighted by molar-refractivity contribution is 5.80. The van der Waals surface area contributed by atoms with Crippen molar-refractivity contribution in [3.63, 3.8) is 0 Å². The highest BCUT2D eigenvalue weighted by Crippen LogP contribution is 2.24. The van der Waals surface area contributed by atoms with Crippen LogP contribution in [0.25, 0.3) is 0 Å². The lowest BCUT2D eigenvalue weighted by molar-refractivity contribution is -0.138. The molecule has 0 radical (unpaired) electrons. The summed E-state index contributed by atoms with van der Waals surface area (Å²) in [6, 6.07) is -0.202. The van der Waals surface area contributed by atoms with E-state index >= 15 is 0 Å². The van der Waals surface area contributed by atoms with Crippen LogP contribution in [0.1, 0.15) is 25.7 Å². The Balaban J connectivity index is 1.86. The van der Waals surface area contributed by atoms with E-state index in [-0.39, 0.29) is 24.3 Å². The first-order chi connectivity index (χ1) is 9.08. The number of nitrogens with zero attached hydrogens (tertiary/aromatic N) is 1. The van der Waals surface area contributed by atoms with E-state index in [0.717, 1.165) is 19.4 Å². The molecule has 2 aliphatic rings. The van der Waals surface area contributed by atoms with Crippen LogP contribution in [0.2, 0.25) is 0 Å². The van der Waals surface area contributed by atoms with Gasteiger partial charge >= 0.3 is 5.97 Å². The van der Waals surface area contributed by atoms with Crippen molar-refractivity contribution in [3.05, 3.63) is 0 Å². The van der Waals surface area contributed by atoms with Crippen molar-refractivity contribution < 1.29 is 19.4 Å². The molecular formula is C13H22N2O4. The van der Waals surface area contributed by atoms with E-state index < -0.39 is 5.97 Å². The van der Waals surface area contributed by atoms with E-state index in [1.165, 1.54) is 0 Å². The number of nitrogens with two attached hydrogens (primary N) is 1. The van der Waals surface area contributed by atoms with Crippen molar-refractivity contribution in [2.75, 3.05) is 26.3 Å². The quantitative estimate of drug-likeness (QED) is 0.753. The Bertz CT molecular complexity index is 348. The summed E-state index contributed by atoms with van der Waals surface area (Å²) in [6.07, 6.45) is 2.77. The lowest BCUT2D eigenvalue weighted by Gasteiger charge is -2.34. The molecule has 0 aliphatic carbocycles. The predicted molar refractivity (Wildman–Crippen MR) is 68.5 cm³/mol. The molecule has 0 bridgehead atoms. The van der Waals surface area contributed by atoms with Gasteiger partial charge in [-0.05, 0) is 25.2 Å². The summed E-state index contributed by atoms with van der Waals surface area (Å²) in [5, 5.41) is 8.71. The monoisotopic (exact) mass is 270 g/mol. The smallest absolute Gasteiger partial charge is 0.303 e. The fourth-order valence-electron chi connectivity index (χ4n) is 2.89. The van der Waals surface area contributed by atoms with Gasteiger partial charge in [0.25, 0.3) is 0 Å². The predicted octanol–water partition coefficient (Wildman–Crippen LogP) is 0.0635. The molecule has 2 heterocycles. The SMILES string of the molecule is NC1COCC1C(=O)N1CCCC(CCC(=O)O)C1. The third kappa shape index (κ3) is 3.67. The average Bonchev–Trinajstić information content (AvgIpc) is 2.82. The zero-order valence-corrected chi connectivity index (χ0v) is 11.1. The van der Waals surface area contributed by atoms with E-state index in [2.05, 4.69) is 0 Å². The van der Waals surface area contributed by atoms with Crippen LogP contribution < -0.4 is 5.73 Å². The van der Waals surface area contributed by atoms with Crippen LogP contribution in [-0.2, 0) is 14.3 Å². The van der Waals surface area contributed by atoms with Crippen molar-refractivity contribution in [2.24, 2.45) is 17.6 Å². The van der Waals surface area contributed by atoms with E-state index in [4.69, 9.17) is 15.6 Å². The molecule has 19 heavy (non-hydrogen) atoms. The summed E-state index contributed by atoms with van der Waals surface area (Å²) >= 11 is 0. The number of aliphatic carboxylic acids is 1. The number of ether oxygens (including phenoxy) is 1. The molecule has 6 heteroatoms. The number of piperidine rings is 1. The Morgan fingerprint density at radius 3 is 2.79 bits per heavy atom. The molecule has 3 N–H and O–H groups in total. The number of likely N-dealkylation sites (tertiary alicyclic amines) is 1. The number of carbonyl (C=O) groups excluding carboxylic acids is 1. The lowest BCUT2D eigenvalue weighted by Crippen LogP contribution is -2.47. The summed E-state index contributed by atoms with van der Waals surface area (Å²) in [7, 11) is 0. The van der Waals surface area contributed by atoms with Crippen molar-refractivity contribution in [2.45, 2.75) is 31.7 Å². The minimum Gasteiger partial charge on any atom is -0.481 e. The fraction of sp³-hybridized carbons (Fsp3) is 0.846. The number of hydrogen-bond acceptors (Lipinski definition) is 4. The topological polar surface area (TPSA) is 92.9 Å². The van der Waals surface area contributed by atoms with E-state index in [1.807, 2.05) is 4.90 Å². The molecule has 0 spiro atoms. The zero-order chi connectivity index (χ0) is 13.8. The van der Waals surface area contributed by atoms with E-state index in [1.54, 1.807) is 0 Å². The highest BCUT2D eigenvalue weighted by atomic mass is 16.5. The van der Waals surface area contributed by atoms with Crippen LogP contribution in [0, 0.1) is 11.8 Å². The first-order valence-corrected chi connectivity index (χ1v) is 6.92. The molecule has 0 saturated carbocycles. The Morgan fingerprint density at radius 2 is 2.16 bits per heavy atom. The molecule has 2 fully saturated rings. The standard InChI is InChI=1S/C13H22N2O4/c14-11-8-19-7-10(11)13(18)15-5-1-2-9(6-15)3-4-12(16)17/h9-11H,1-8,14H2,(H,16,17). The second-order valence-electron chi connectivity index (χ2n) is 5.53. The van der Waals surface area contributed by atoms with E-state index in [9.17, 15) is 9.59 Å². The minimum absolute atomic E-state index is 0.0741. The number of carbonyl (C=O) groups is 2. The molecule has 2 rings (SSSR count). The van der Waals surface area contributed by atoms with Gasteiger partial charge in [0.1, 0.15) is 0 Å². The van der Waals surface area contributed by atoms with Gasteiger partial charge < -0.3 is 20.5 Å². The third-order valence-electron chi connectivity index (χ3n) is 4.04. The number of rotatable bonds is 4. The normalized spacial score (nSPS) is 31.4. The third-order valence-corrected chi connectivity index (χ3v) is 4.04. The molecule has 0 aromatic heterocycles. The Kier molecular flexibility index (Phi) is 4.76. The van der Waals surface area contributed by atoms with Crippen molar-refractivity contribution in [1.82, 2.24) is 4.90 Å². The van der Waals surface area contributed by atoms with Crippen LogP contribution in [0.5, 0.6) is 0 Å². The largest absolute Gasteiger partial charge is 0.481 e. The first-order valence-electron chi connectivity index (χ1n) is 6.92. The number of hydrogen-bond donors (Lipinski definition) is 2. The van der Waals surface area contributed by atoms with Gasteiger partial charge in [0.05, 0.1) is 19.1 Å². The van der Waals surface area contributed by atoms with Gasteiger partial charge in [0.2, 0.25) is 5.91 Å². The minimum atomic E-state index is -0.769. The first kappa shape index (κ1) is 14.3. The van der Waals surface area contributed by atoms with Gasteiger partial charge in [-0.3, -0.25) is 9.59 Å². The summed E-state index contributed by atoms with van der Waals surface area (Å²) in [5.41, 5.74) is 5.87. The molecule has 0 aromatic rings. The second kappa shape index (κ2) is 6.34. The molecule has 108 valence electrons. The van der Waals surface area contributed by atoms with Crippen molar-refractivity contribution in [3.8, 4) is 0 Å². The maximum absolute atomic E-state index is 12.3. The average molecular weight is 270 g/mol. The van der Waals surface area contributed by atoms with Gasteiger partial charge in [-0.1, -0.05) is 0 Å². The van der Waals surface area contributed by atoms with Crippen LogP contribution in [0.4, 0.5) is 0 Å². The van der Waals surface area contributed by atoms with Gasteiger partial charge in [0, 0.05) is 25.6 Å². The Labute approximate surface area is 112 Å². The maximum Gasteiger partial charge on any atom is 0.303 e. The number of amides is 1. The molecule has 0 aromatic carbocycles. The van der Waals surface area contributed by atoms with Crippen LogP contribution >= 0.6 is 0 Å². The summed E-state index contributed by atoms with van der Waals surface area (Å²) < 4.78 is 5.24. The zero-order valence-electron chi connectivity index (χ0n) is 11.1. The maximum atomic E-state index is 12.3. The summed E-state index contributed by atoms with van der Waals surface area (Å²) in [4.78, 5) is 24.8. The van der Waals surface area contributed by atoms with Gasteiger partial charge in [-0.2, -0.15) is 0 Å². The van der Waals surface area contributed by atoms with Crippen LogP contribution in [0.15, 0.2) is 0 Å². The molecule has 2 aliphatic heterocycles. The van der Waals surface area contributed by atoms with Gasteiger partial charge in [-0.15, -0.1) is 0 Å². The fourth-order valence-corrected chi connectivity index (χ4v) is 2.89. The molecule has 6 nitrogen and oxygen atoms in total. The molecule has 3 unspecified atom stereocenters. The van der Waals surface area contributed by atoms with E-state index in [0.29, 0.717) is 32.1 Å². The number of carboxylic acids is 1.